The number of halogens is 8. The summed E-state index contributed by atoms with van der Waals surface area (Å²) in [4.78, 5) is 2.04. The van der Waals surface area contributed by atoms with Gasteiger partial charge >= 0.3 is 7.25 Å². The minimum atomic E-state index is -6.00. The van der Waals surface area contributed by atoms with E-state index in [2.05, 4.69) is 6.58 Å². The van der Waals surface area contributed by atoms with Crippen LogP contribution >= 0.6 is 11.8 Å². The van der Waals surface area contributed by atoms with Crippen LogP contribution in [-0.4, -0.2) is 7.25 Å². The lowest BCUT2D eigenvalue weighted by Crippen LogP contribution is -2.10. The van der Waals surface area contributed by atoms with Gasteiger partial charge in [-0.25, -0.2) is 17.6 Å². The van der Waals surface area contributed by atoms with Crippen molar-refractivity contribution in [2.75, 3.05) is 0 Å². The van der Waals surface area contributed by atoms with Crippen molar-refractivity contribution in [2.24, 2.45) is 0 Å². The monoisotopic (exact) mass is 404 g/mol. The molecule has 1 aliphatic heterocycles. The smallest absolute Gasteiger partial charge is 0.418 e. The Labute approximate surface area is 144 Å². The van der Waals surface area contributed by atoms with Gasteiger partial charge in [0.1, 0.15) is 5.41 Å². The first-order valence-corrected chi connectivity index (χ1v) is 8.50. The molecule has 11 heteroatoms. The van der Waals surface area contributed by atoms with Crippen LogP contribution in [0.5, 0.6) is 0 Å². The minimum Gasteiger partial charge on any atom is -0.418 e. The van der Waals surface area contributed by atoms with E-state index in [-0.39, 0.29) is 0 Å². The van der Waals surface area contributed by atoms with Crippen molar-refractivity contribution in [3.63, 3.8) is 0 Å². The van der Waals surface area contributed by atoms with E-state index in [0.717, 1.165) is 36.0 Å². The number of fused-ring (bicyclic) bond motifs is 2. The van der Waals surface area contributed by atoms with Crippen molar-refractivity contribution in [1.29, 1.82) is 0 Å². The van der Waals surface area contributed by atoms with E-state index in [9.17, 15) is 34.8 Å². The van der Waals surface area contributed by atoms with Crippen LogP contribution in [0.4, 0.5) is 34.8 Å². The van der Waals surface area contributed by atoms with Crippen LogP contribution in [0, 0.1) is 23.3 Å². The molecule has 0 saturated carbocycles. The van der Waals surface area contributed by atoms with Gasteiger partial charge in [0.15, 0.2) is 33.1 Å². The van der Waals surface area contributed by atoms with E-state index in [0.29, 0.717) is 19.6 Å². The molecule has 0 amide bonds. The summed E-state index contributed by atoms with van der Waals surface area (Å²) in [5.74, 6) is -3.85. The number of rotatable bonds is 1. The van der Waals surface area contributed by atoms with Crippen molar-refractivity contribution in [2.45, 2.75) is 19.6 Å². The molecule has 0 spiro atoms. The third-order valence-corrected chi connectivity index (χ3v) is 6.16. The van der Waals surface area contributed by atoms with E-state index < -0.39 is 41.4 Å². The third-order valence-electron chi connectivity index (χ3n) is 2.83. The second-order valence-corrected chi connectivity index (χ2v) is 7.50. The van der Waals surface area contributed by atoms with Crippen LogP contribution in [-0.2, 0) is 10.9 Å². The van der Waals surface area contributed by atoms with E-state index in [1.165, 1.54) is 5.41 Å². The molecule has 0 atom stereocenters. The lowest BCUT2D eigenvalue weighted by atomic mass is 10.3. The number of hydrogen-bond acceptors (Lipinski definition) is 1. The predicted molar refractivity (Wildman–Crippen MR) is 81.1 cm³/mol. The number of benzene rings is 2. The second-order valence-electron chi connectivity index (χ2n) is 4.53. The van der Waals surface area contributed by atoms with E-state index in [1.54, 1.807) is 0 Å². The molecule has 0 N–H and O–H groups in total. The highest BCUT2D eigenvalue weighted by molar-refractivity contribution is 8.05. The van der Waals surface area contributed by atoms with Gasteiger partial charge in [-0.1, -0.05) is 18.3 Å². The van der Waals surface area contributed by atoms with Crippen molar-refractivity contribution in [1.82, 2.24) is 0 Å². The molecular weight excluding hydrogens is 397 g/mol. The van der Waals surface area contributed by atoms with Gasteiger partial charge in [0.05, 0.1) is 20.7 Å². The van der Waals surface area contributed by atoms with Gasteiger partial charge in [-0.2, -0.15) is 0 Å². The van der Waals surface area contributed by atoms with E-state index in [1.807, 2.05) is 0 Å². The third kappa shape index (κ3) is 4.72. The van der Waals surface area contributed by atoms with Gasteiger partial charge < -0.3 is 17.3 Å². The Morgan fingerprint density at radius 2 is 1.08 bits per heavy atom. The molecule has 0 saturated heterocycles. The summed E-state index contributed by atoms with van der Waals surface area (Å²) < 4.78 is 92.4. The first kappa shape index (κ1) is 19.7. The zero-order valence-electron chi connectivity index (χ0n) is 12.0. The van der Waals surface area contributed by atoms with Gasteiger partial charge in [0, 0.05) is 12.1 Å². The highest BCUT2D eigenvalue weighted by atomic mass is 32.2. The summed E-state index contributed by atoms with van der Waals surface area (Å²) in [5.41, 5.74) is 0. The molecule has 1 aliphatic rings. The molecule has 0 radical (unpaired) electrons. The maximum Gasteiger partial charge on any atom is 0.673 e. The van der Waals surface area contributed by atoms with Crippen molar-refractivity contribution >= 4 is 29.9 Å². The van der Waals surface area contributed by atoms with Crippen molar-refractivity contribution in [3.8, 4) is 0 Å². The Hall–Kier alpha value is -1.62. The van der Waals surface area contributed by atoms with Gasteiger partial charge in [-0.3, -0.25) is 0 Å². The Morgan fingerprint density at radius 1 is 0.760 bits per heavy atom. The molecule has 3 rings (SSSR count). The summed E-state index contributed by atoms with van der Waals surface area (Å²) in [6.45, 7) is 3.66. The zero-order chi connectivity index (χ0) is 18.9. The Kier molecular flexibility index (Phi) is 5.77. The number of hydrogen-bond donors (Lipinski definition) is 0. The Bertz CT molecular complexity index is 758. The van der Waals surface area contributed by atoms with E-state index in [4.69, 9.17) is 0 Å². The standard InChI is InChI=1S/C14H7F4S2.BF4/c1-2-20-13-5-9(17)7(15)3-11(13)19-12-4-8(16)10(18)6-14(12)20;2-1(3,4)5/h2-6H,1H2;/q+1;-1/i1+1,2+1;. The molecule has 1 heterocycles. The van der Waals surface area contributed by atoms with Crippen molar-refractivity contribution < 1.29 is 34.8 Å². The quantitative estimate of drug-likeness (QED) is 0.237. The molecule has 0 fully saturated rings. The summed E-state index contributed by atoms with van der Waals surface area (Å²) >= 11 is 1.09. The Morgan fingerprint density at radius 3 is 1.40 bits per heavy atom. The molecule has 0 unspecified atom stereocenters. The van der Waals surface area contributed by atoms with Crippen LogP contribution < -0.4 is 0 Å². The van der Waals surface area contributed by atoms with Crippen LogP contribution in [0.25, 0.3) is 0 Å². The molecule has 2 aromatic rings. The van der Waals surface area contributed by atoms with Crippen molar-refractivity contribution in [3.05, 3.63) is 59.5 Å². The summed E-state index contributed by atoms with van der Waals surface area (Å²) in [6.07, 6.45) is 0. The van der Waals surface area contributed by atoms with Crippen LogP contribution in [0.1, 0.15) is 0 Å². The van der Waals surface area contributed by atoms with Crippen LogP contribution in [0.3, 0.4) is 0 Å². The van der Waals surface area contributed by atoms with Gasteiger partial charge in [-0.05, 0) is 12.1 Å². The normalized spacial score (nSPS) is 13.4. The molecule has 0 aromatic heterocycles. The molecule has 0 aliphatic carbocycles. The summed E-state index contributed by atoms with van der Waals surface area (Å²) in [6, 6.07) is 4.32. The van der Waals surface area contributed by atoms with Gasteiger partial charge in [-0.15, -0.1) is 0 Å². The highest BCUT2D eigenvalue weighted by Gasteiger charge is 2.36. The molecule has 0 nitrogen and oxygen atoms in total. The lowest BCUT2D eigenvalue weighted by Gasteiger charge is -2.17. The fourth-order valence-corrected chi connectivity index (χ4v) is 5.22. The molecule has 134 valence electrons. The fourth-order valence-electron chi connectivity index (χ4n) is 1.94. The summed E-state index contributed by atoms with van der Waals surface area (Å²) in [5, 5.41) is 1.53. The average Bonchev–Trinajstić information content (AvgIpc) is 2.47. The van der Waals surface area contributed by atoms with Gasteiger partial charge in [0.2, 0.25) is 0 Å². The van der Waals surface area contributed by atoms with Crippen LogP contribution in [0.2, 0.25) is 0 Å². The van der Waals surface area contributed by atoms with Gasteiger partial charge in [0.25, 0.3) is 0 Å². The highest BCUT2D eigenvalue weighted by Crippen LogP contribution is 2.47. The summed E-state index contributed by atoms with van der Waals surface area (Å²) in [7, 11) is -6.81. The fraction of sp³-hybridized carbons (Fsp3) is 0. The Balaban J connectivity index is 0.000000399. The lowest BCUT2D eigenvalue weighted by molar-refractivity contribution is 0.368. The molecule has 0 bridgehead atoms. The molecule has 25 heavy (non-hydrogen) atoms. The first-order chi connectivity index (χ1) is 11.5. The van der Waals surface area contributed by atoms with Crippen LogP contribution in [0.15, 0.2) is 55.8 Å². The molecule has 2 aromatic carbocycles. The second kappa shape index (κ2) is 7.32. The minimum absolute atomic E-state index is 0.491. The maximum atomic E-state index is 13.4. The zero-order valence-corrected chi connectivity index (χ0v) is 13.6. The predicted octanol–water partition coefficient (Wildman–Crippen LogP) is 6.19. The first-order valence-electron chi connectivity index (χ1n) is 6.40. The molecular formula is C14H7BF8S2. The van der Waals surface area contributed by atoms with E-state index >= 15 is 0 Å². The SMILES string of the molecule is F[B-](F)(F)F.[13CH2]=[13CH][S+]1c2cc(F)c(F)cc2Sc2cc(F)c(F)cc21. The average molecular weight is 404 g/mol. The maximum absolute atomic E-state index is 13.4. The topological polar surface area (TPSA) is 0 Å². The largest absolute Gasteiger partial charge is 0.673 e.